The van der Waals surface area contributed by atoms with Crippen molar-refractivity contribution >= 4 is 27.0 Å². The molecule has 3 rings (SSSR count). The summed E-state index contributed by atoms with van der Waals surface area (Å²) in [5.41, 5.74) is -5.47. The predicted octanol–water partition coefficient (Wildman–Crippen LogP) is 5.76. The van der Waals surface area contributed by atoms with Crippen molar-refractivity contribution in [3.8, 4) is 0 Å². The van der Waals surface area contributed by atoms with E-state index in [0.717, 1.165) is 4.90 Å². The monoisotopic (exact) mass is 542 g/mol. The molecule has 0 N–H and O–H groups in total. The highest BCUT2D eigenvalue weighted by Gasteiger charge is 2.37. The quantitative estimate of drug-likeness (QED) is 0.129. The first-order chi connectivity index (χ1) is 16.7. The molecule has 0 aromatic heterocycles. The summed E-state index contributed by atoms with van der Waals surface area (Å²) in [6.07, 6.45) is 0. The Hall–Kier alpha value is -2.86. The van der Waals surface area contributed by atoms with Crippen LogP contribution in [0.2, 0.25) is 0 Å². The molecule has 0 fully saturated rings. The van der Waals surface area contributed by atoms with E-state index in [9.17, 15) is 18.0 Å². The Bertz CT molecular complexity index is 1170. The van der Waals surface area contributed by atoms with Gasteiger partial charge in [-0.2, -0.15) is 13.2 Å². The number of rotatable bonds is 6. The molecule has 0 unspecified atom stereocenters. The highest BCUT2D eigenvalue weighted by atomic mass is 32.2. The van der Waals surface area contributed by atoms with Crippen LogP contribution in [0.3, 0.4) is 0 Å². The van der Waals surface area contributed by atoms with Crippen LogP contribution >= 0.6 is 0 Å². The molecular formula is C25H25F3O6S2. The van der Waals surface area contributed by atoms with Crippen molar-refractivity contribution in [3.63, 3.8) is 0 Å². The predicted molar refractivity (Wildman–Crippen MR) is 128 cm³/mol. The van der Waals surface area contributed by atoms with Crippen molar-refractivity contribution < 1.29 is 40.4 Å². The van der Waals surface area contributed by atoms with E-state index in [-0.39, 0.29) is 29.3 Å². The zero-order chi connectivity index (χ0) is 27.0. The fourth-order valence-corrected chi connectivity index (χ4v) is 4.67. The van der Waals surface area contributed by atoms with Crippen LogP contribution in [0, 0.1) is 0 Å². The zero-order valence-corrected chi connectivity index (χ0v) is 21.3. The average Bonchev–Trinajstić information content (AvgIpc) is 2.79. The smallest absolute Gasteiger partial charge is 0.485 e. The fourth-order valence-electron chi connectivity index (χ4n) is 2.59. The molecule has 0 amide bonds. The highest BCUT2D eigenvalue weighted by molar-refractivity contribution is 7.97. The number of hydrogen-bond donors (Lipinski definition) is 0. The summed E-state index contributed by atoms with van der Waals surface area (Å²) in [5, 5.41) is 0. The van der Waals surface area contributed by atoms with Gasteiger partial charge in [-0.15, -0.1) is 0 Å². The molecular weight excluding hydrogens is 517 g/mol. The van der Waals surface area contributed by atoms with Crippen LogP contribution in [0.4, 0.5) is 13.2 Å². The van der Waals surface area contributed by atoms with Gasteiger partial charge in [0.15, 0.2) is 31.6 Å². The average molecular weight is 543 g/mol. The van der Waals surface area contributed by atoms with Gasteiger partial charge in [0.1, 0.15) is 0 Å². The molecule has 194 valence electrons. The minimum Gasteiger partial charge on any atom is -0.741 e. The van der Waals surface area contributed by atoms with E-state index in [2.05, 4.69) is 48.5 Å². The molecule has 0 aliphatic carbocycles. The Kier molecular flexibility index (Phi) is 10.1. The largest absolute Gasteiger partial charge is 0.741 e. The molecule has 0 bridgehead atoms. The number of halogens is 3. The fraction of sp³-hybridized carbons (Fsp3) is 0.240. The minimum absolute atomic E-state index is 0.0531. The van der Waals surface area contributed by atoms with Gasteiger partial charge in [-0.25, -0.2) is 13.2 Å². The van der Waals surface area contributed by atoms with Crippen molar-refractivity contribution in [2.45, 2.75) is 46.6 Å². The lowest BCUT2D eigenvalue weighted by molar-refractivity contribution is -0.0965. The number of carbonyl (C=O) groups is 1. The van der Waals surface area contributed by atoms with Gasteiger partial charge in [0.05, 0.1) is 22.1 Å². The molecule has 3 aromatic rings. The first kappa shape index (κ1) is 29.4. The van der Waals surface area contributed by atoms with Gasteiger partial charge >= 0.3 is 11.5 Å². The van der Waals surface area contributed by atoms with E-state index in [1.165, 1.54) is 9.79 Å². The van der Waals surface area contributed by atoms with E-state index < -0.39 is 15.6 Å². The van der Waals surface area contributed by atoms with Gasteiger partial charge in [-0.05, 0) is 69.3 Å². The van der Waals surface area contributed by atoms with E-state index in [4.69, 9.17) is 22.4 Å². The summed E-state index contributed by atoms with van der Waals surface area (Å²) in [6, 6.07) is 28.5. The summed E-state index contributed by atoms with van der Waals surface area (Å²) < 4.78 is 69.6. The second-order valence-corrected chi connectivity index (χ2v) is 11.6. The van der Waals surface area contributed by atoms with E-state index in [0.29, 0.717) is 5.56 Å². The topological polar surface area (TPSA) is 92.7 Å². The Morgan fingerprint density at radius 2 is 1.19 bits per heavy atom. The van der Waals surface area contributed by atoms with Crippen LogP contribution in [0.15, 0.2) is 99.6 Å². The Labute approximate surface area is 211 Å². The Morgan fingerprint density at radius 3 is 1.56 bits per heavy atom. The van der Waals surface area contributed by atoms with Crippen molar-refractivity contribution in [3.05, 3.63) is 90.5 Å². The maximum Gasteiger partial charge on any atom is 0.485 e. The molecule has 0 atom stereocenters. The van der Waals surface area contributed by atoms with Crippen molar-refractivity contribution in [2.24, 2.45) is 0 Å². The number of alkyl halides is 3. The highest BCUT2D eigenvalue weighted by Crippen LogP contribution is 2.31. The lowest BCUT2D eigenvalue weighted by Crippen LogP contribution is -2.22. The molecule has 0 spiro atoms. The van der Waals surface area contributed by atoms with Gasteiger partial charge in [-0.1, -0.05) is 36.4 Å². The standard InChI is InChI=1S/C24H25O3S.CHF3O3S/c1-24(2,3)27-18-26-23(25)19-14-16-22(17-15-19)28(20-10-6-4-7-11-20)21-12-8-5-9-13-21;2-1(3,4)8(5,6)7/h4-17H,18H2,1-3H3;(H,5,6,7)/q+1;/p-1. The number of carbonyl (C=O) groups excluding carboxylic acids is 1. The number of benzene rings is 3. The summed E-state index contributed by atoms with van der Waals surface area (Å²) >= 11 is 0. The molecule has 11 heteroatoms. The number of hydrogen-bond acceptors (Lipinski definition) is 6. The molecule has 0 saturated carbocycles. The van der Waals surface area contributed by atoms with Crippen LogP contribution in [0.25, 0.3) is 0 Å². The van der Waals surface area contributed by atoms with Crippen LogP contribution in [0.1, 0.15) is 31.1 Å². The lowest BCUT2D eigenvalue weighted by atomic mass is 10.2. The number of esters is 1. The Balaban J connectivity index is 0.000000493. The van der Waals surface area contributed by atoms with Gasteiger partial charge in [0.25, 0.3) is 0 Å². The molecule has 0 saturated heterocycles. The van der Waals surface area contributed by atoms with Gasteiger partial charge in [0.2, 0.25) is 0 Å². The lowest BCUT2D eigenvalue weighted by Gasteiger charge is -2.18. The SMILES string of the molecule is CC(C)(C)OCOC(=O)c1ccc([S+](c2ccccc2)c2ccccc2)cc1.O=S(=O)([O-])C(F)(F)F. The normalized spacial score (nSPS) is 12.0. The minimum atomic E-state index is -6.09. The van der Waals surface area contributed by atoms with Crippen molar-refractivity contribution in [2.75, 3.05) is 6.79 Å². The Morgan fingerprint density at radius 1 is 0.806 bits per heavy atom. The molecule has 36 heavy (non-hydrogen) atoms. The van der Waals surface area contributed by atoms with Gasteiger partial charge in [0, 0.05) is 0 Å². The third-order valence-corrected chi connectivity index (χ3v) is 7.05. The summed E-state index contributed by atoms with van der Waals surface area (Å²) in [6.45, 7) is 5.71. The van der Waals surface area contributed by atoms with Crippen LogP contribution < -0.4 is 0 Å². The zero-order valence-electron chi connectivity index (χ0n) is 19.7. The summed E-state index contributed by atoms with van der Waals surface area (Å²) in [7, 11) is -6.32. The van der Waals surface area contributed by atoms with E-state index >= 15 is 0 Å². The van der Waals surface area contributed by atoms with Crippen molar-refractivity contribution in [1.82, 2.24) is 0 Å². The van der Waals surface area contributed by atoms with Crippen molar-refractivity contribution in [1.29, 1.82) is 0 Å². The first-order valence-corrected chi connectivity index (χ1v) is 13.1. The second-order valence-electron chi connectivity index (χ2n) is 8.16. The maximum absolute atomic E-state index is 12.3. The van der Waals surface area contributed by atoms with E-state index in [1.807, 2.05) is 57.2 Å². The molecule has 0 aliphatic rings. The molecule has 0 radical (unpaired) electrons. The number of ether oxygens (including phenoxy) is 2. The molecule has 6 nitrogen and oxygen atoms in total. The van der Waals surface area contributed by atoms with E-state index in [1.54, 1.807) is 0 Å². The summed E-state index contributed by atoms with van der Waals surface area (Å²) in [4.78, 5) is 15.9. The van der Waals surface area contributed by atoms with Crippen LogP contribution in [-0.4, -0.2) is 36.8 Å². The van der Waals surface area contributed by atoms with Crippen LogP contribution in [-0.2, 0) is 30.5 Å². The third kappa shape index (κ3) is 9.30. The summed E-state index contributed by atoms with van der Waals surface area (Å²) in [5.74, 6) is -0.380. The molecule has 3 aromatic carbocycles. The van der Waals surface area contributed by atoms with Gasteiger partial charge in [-0.3, -0.25) is 0 Å². The third-order valence-electron chi connectivity index (χ3n) is 4.25. The molecule has 0 heterocycles. The second kappa shape index (κ2) is 12.4. The van der Waals surface area contributed by atoms with Gasteiger partial charge < -0.3 is 14.0 Å². The molecule has 0 aliphatic heterocycles. The maximum atomic E-state index is 12.3. The first-order valence-electron chi connectivity index (χ1n) is 10.5. The van der Waals surface area contributed by atoms with Crippen LogP contribution in [0.5, 0.6) is 0 Å².